The number of aromatic amines is 1. The van der Waals surface area contributed by atoms with E-state index in [-0.39, 0.29) is 5.82 Å². The molecule has 0 saturated carbocycles. The second kappa shape index (κ2) is 7.04. The Hall–Kier alpha value is -1.68. The fraction of sp³-hybridized carbons (Fsp3) is 0.400. The maximum atomic E-state index is 13.1. The van der Waals surface area contributed by atoms with Gasteiger partial charge < -0.3 is 10.7 Å². The zero-order chi connectivity index (χ0) is 13.5. The molecule has 0 saturated heterocycles. The summed E-state index contributed by atoms with van der Waals surface area (Å²) in [5, 5.41) is 0. The summed E-state index contributed by atoms with van der Waals surface area (Å²) in [7, 11) is 0. The van der Waals surface area contributed by atoms with Gasteiger partial charge in [-0.25, -0.2) is 9.37 Å². The van der Waals surface area contributed by atoms with Gasteiger partial charge in [-0.1, -0.05) is 25.0 Å². The molecule has 1 aromatic heterocycles. The summed E-state index contributed by atoms with van der Waals surface area (Å²) in [6, 6.07) is 6.54. The number of aromatic nitrogens is 2. The number of hydrogen-bond donors (Lipinski definition) is 2. The molecule has 0 bridgehead atoms. The summed E-state index contributed by atoms with van der Waals surface area (Å²) in [4.78, 5) is 7.58. The van der Waals surface area contributed by atoms with Crippen molar-refractivity contribution in [3.63, 3.8) is 0 Å². The molecule has 4 heteroatoms. The molecule has 0 amide bonds. The van der Waals surface area contributed by atoms with Crippen molar-refractivity contribution in [2.24, 2.45) is 5.73 Å². The summed E-state index contributed by atoms with van der Waals surface area (Å²) in [6.07, 6.45) is 7.24. The molecule has 0 radical (unpaired) electrons. The highest BCUT2D eigenvalue weighted by Crippen LogP contribution is 2.18. The Morgan fingerprint density at radius 2 is 2.00 bits per heavy atom. The molecular weight excluding hydrogens is 241 g/mol. The minimum atomic E-state index is -0.226. The lowest BCUT2D eigenvalue weighted by molar-refractivity contribution is 0.628. The second-order valence-electron chi connectivity index (χ2n) is 4.71. The Kier molecular flexibility index (Phi) is 5.10. The summed E-state index contributed by atoms with van der Waals surface area (Å²) in [5.74, 6) is 0.738. The van der Waals surface area contributed by atoms with E-state index in [1.165, 1.54) is 25.0 Å². The summed E-state index contributed by atoms with van der Waals surface area (Å²) < 4.78 is 13.1. The van der Waals surface area contributed by atoms with Gasteiger partial charge in [-0.2, -0.15) is 0 Å². The van der Waals surface area contributed by atoms with Crippen LogP contribution in [-0.2, 0) is 6.42 Å². The molecule has 3 N–H and O–H groups in total. The number of imidazole rings is 1. The van der Waals surface area contributed by atoms with Gasteiger partial charge in [0, 0.05) is 12.0 Å². The van der Waals surface area contributed by atoms with Crippen LogP contribution in [0.2, 0.25) is 0 Å². The first-order valence-corrected chi connectivity index (χ1v) is 6.79. The smallest absolute Gasteiger partial charge is 0.123 e. The van der Waals surface area contributed by atoms with Gasteiger partial charge in [-0.15, -0.1) is 0 Å². The molecule has 2 aromatic rings. The van der Waals surface area contributed by atoms with Crippen molar-refractivity contribution in [2.45, 2.75) is 32.1 Å². The Balaban J connectivity index is 1.88. The normalized spacial score (nSPS) is 10.8. The van der Waals surface area contributed by atoms with Gasteiger partial charge >= 0.3 is 0 Å². The number of nitrogens with one attached hydrogen (secondary N) is 1. The van der Waals surface area contributed by atoms with Gasteiger partial charge in [0.2, 0.25) is 0 Å². The molecule has 0 unspecified atom stereocenters. The average Bonchev–Trinajstić information content (AvgIpc) is 2.87. The van der Waals surface area contributed by atoms with E-state index in [2.05, 4.69) is 9.97 Å². The predicted molar refractivity (Wildman–Crippen MR) is 75.2 cm³/mol. The van der Waals surface area contributed by atoms with Gasteiger partial charge in [0.1, 0.15) is 11.6 Å². The third-order valence-corrected chi connectivity index (χ3v) is 3.13. The Bertz CT molecular complexity index is 508. The molecule has 2 rings (SSSR count). The van der Waals surface area contributed by atoms with E-state index in [1.807, 2.05) is 6.07 Å². The van der Waals surface area contributed by atoms with Gasteiger partial charge in [0.25, 0.3) is 0 Å². The Labute approximate surface area is 113 Å². The Morgan fingerprint density at radius 3 is 2.79 bits per heavy atom. The lowest BCUT2D eigenvalue weighted by Gasteiger charge is -1.99. The van der Waals surface area contributed by atoms with Crippen molar-refractivity contribution >= 4 is 0 Å². The van der Waals surface area contributed by atoms with Crippen LogP contribution >= 0.6 is 0 Å². The van der Waals surface area contributed by atoms with Gasteiger partial charge in [0.15, 0.2) is 0 Å². The molecule has 19 heavy (non-hydrogen) atoms. The number of halogens is 1. The number of hydrogen-bond acceptors (Lipinski definition) is 2. The van der Waals surface area contributed by atoms with E-state index >= 15 is 0 Å². The number of unbranched alkanes of at least 4 members (excludes halogenated alkanes) is 3. The average molecular weight is 261 g/mol. The van der Waals surface area contributed by atoms with Crippen molar-refractivity contribution in [1.82, 2.24) is 9.97 Å². The molecule has 3 nitrogen and oxygen atoms in total. The second-order valence-corrected chi connectivity index (χ2v) is 4.71. The van der Waals surface area contributed by atoms with Crippen LogP contribution in [-0.4, -0.2) is 16.5 Å². The third kappa shape index (κ3) is 4.17. The summed E-state index contributed by atoms with van der Waals surface area (Å²) in [6.45, 7) is 0.768. The fourth-order valence-corrected chi connectivity index (χ4v) is 2.08. The van der Waals surface area contributed by atoms with Crippen LogP contribution in [0.4, 0.5) is 4.39 Å². The molecule has 0 aliphatic heterocycles. The van der Waals surface area contributed by atoms with Crippen LogP contribution < -0.4 is 5.73 Å². The number of rotatable bonds is 7. The maximum Gasteiger partial charge on any atom is 0.123 e. The molecule has 0 aliphatic rings. The first-order valence-electron chi connectivity index (χ1n) is 6.79. The maximum absolute atomic E-state index is 13.1. The number of aryl methyl sites for hydroxylation is 1. The van der Waals surface area contributed by atoms with Crippen LogP contribution in [0.15, 0.2) is 30.5 Å². The highest BCUT2D eigenvalue weighted by molar-refractivity contribution is 5.58. The van der Waals surface area contributed by atoms with Crippen LogP contribution in [0, 0.1) is 5.82 Å². The van der Waals surface area contributed by atoms with Crippen molar-refractivity contribution in [2.75, 3.05) is 6.54 Å². The van der Waals surface area contributed by atoms with Crippen LogP contribution in [0.25, 0.3) is 11.3 Å². The molecule has 0 spiro atoms. The van der Waals surface area contributed by atoms with E-state index in [0.717, 1.165) is 42.9 Å². The van der Waals surface area contributed by atoms with Gasteiger partial charge in [-0.05, 0) is 31.5 Å². The fourth-order valence-electron chi connectivity index (χ4n) is 2.08. The van der Waals surface area contributed by atoms with Gasteiger partial charge in [0.05, 0.1) is 11.9 Å². The SMILES string of the molecule is NCCCCCCc1ncc(-c2cccc(F)c2)[nH]1. The molecule has 0 atom stereocenters. The van der Waals surface area contributed by atoms with E-state index in [4.69, 9.17) is 5.73 Å². The van der Waals surface area contributed by atoms with Crippen molar-refractivity contribution < 1.29 is 4.39 Å². The highest BCUT2D eigenvalue weighted by Gasteiger charge is 2.04. The first-order chi connectivity index (χ1) is 9.29. The number of H-pyrrole nitrogens is 1. The van der Waals surface area contributed by atoms with Crippen LogP contribution in [0.3, 0.4) is 0 Å². The molecule has 0 fully saturated rings. The zero-order valence-electron chi connectivity index (χ0n) is 11.0. The lowest BCUT2D eigenvalue weighted by Crippen LogP contribution is -1.98. The largest absolute Gasteiger partial charge is 0.342 e. The number of benzene rings is 1. The number of nitrogens with zero attached hydrogens (tertiary/aromatic N) is 1. The molecule has 1 heterocycles. The van der Waals surface area contributed by atoms with E-state index in [9.17, 15) is 4.39 Å². The lowest BCUT2D eigenvalue weighted by atomic mass is 10.1. The zero-order valence-corrected chi connectivity index (χ0v) is 11.0. The van der Waals surface area contributed by atoms with E-state index < -0.39 is 0 Å². The number of nitrogens with two attached hydrogens (primary N) is 1. The molecular formula is C15H20FN3. The third-order valence-electron chi connectivity index (χ3n) is 3.13. The van der Waals surface area contributed by atoms with Crippen molar-refractivity contribution in [3.05, 3.63) is 42.1 Å². The van der Waals surface area contributed by atoms with E-state index in [0.29, 0.717) is 0 Å². The highest BCUT2D eigenvalue weighted by atomic mass is 19.1. The van der Waals surface area contributed by atoms with Crippen LogP contribution in [0.1, 0.15) is 31.5 Å². The van der Waals surface area contributed by atoms with Gasteiger partial charge in [-0.3, -0.25) is 0 Å². The Morgan fingerprint density at radius 1 is 1.16 bits per heavy atom. The van der Waals surface area contributed by atoms with Crippen molar-refractivity contribution in [3.8, 4) is 11.3 Å². The molecule has 102 valence electrons. The molecule has 1 aromatic carbocycles. The van der Waals surface area contributed by atoms with Crippen LogP contribution in [0.5, 0.6) is 0 Å². The molecule has 0 aliphatic carbocycles. The van der Waals surface area contributed by atoms with Crippen molar-refractivity contribution in [1.29, 1.82) is 0 Å². The van der Waals surface area contributed by atoms with E-state index in [1.54, 1.807) is 12.3 Å². The standard InChI is InChI=1S/C15H20FN3/c16-13-7-5-6-12(10-13)14-11-18-15(19-14)8-3-1-2-4-9-17/h5-7,10-11H,1-4,8-9,17H2,(H,18,19). The minimum absolute atomic E-state index is 0.226. The quantitative estimate of drug-likeness (QED) is 0.751. The monoisotopic (exact) mass is 261 g/mol. The topological polar surface area (TPSA) is 54.7 Å². The summed E-state index contributed by atoms with van der Waals surface area (Å²) in [5.41, 5.74) is 7.16. The first kappa shape index (κ1) is 13.7. The predicted octanol–water partition coefficient (Wildman–Crippen LogP) is 3.28. The minimum Gasteiger partial charge on any atom is -0.342 e. The summed E-state index contributed by atoms with van der Waals surface area (Å²) >= 11 is 0.